The van der Waals surface area contributed by atoms with E-state index >= 15 is 0 Å². The molecule has 7 atom stereocenters. The van der Waals surface area contributed by atoms with Crippen LogP contribution in [0.2, 0.25) is 0 Å². The molecule has 328 valence electrons. The van der Waals surface area contributed by atoms with Crippen molar-refractivity contribution in [3.8, 4) is 17.2 Å². The Kier molecular flexibility index (Phi) is 16.5. The number of benzene rings is 3. The van der Waals surface area contributed by atoms with Crippen LogP contribution in [-0.4, -0.2) is 113 Å². The lowest BCUT2D eigenvalue weighted by Gasteiger charge is -2.31. The molecule has 0 radical (unpaired) electrons. The highest BCUT2D eigenvalue weighted by Gasteiger charge is 2.44. The number of hydrogen-bond acceptors (Lipinski definition) is 15. The van der Waals surface area contributed by atoms with E-state index in [0.717, 1.165) is 0 Å². The van der Waals surface area contributed by atoms with Crippen molar-refractivity contribution < 1.29 is 69.9 Å². The summed E-state index contributed by atoms with van der Waals surface area (Å²) in [5, 5.41) is 14.5. The van der Waals surface area contributed by atoms with Gasteiger partial charge in [-0.1, -0.05) is 38.1 Å². The molecule has 2 N–H and O–H groups in total. The highest BCUT2D eigenvalue weighted by atomic mass is 32.2. The Hall–Kier alpha value is -4.55. The molecular formula is C41H53N2O15PS. The lowest BCUT2D eigenvalue weighted by molar-refractivity contribution is -0.150. The first-order chi connectivity index (χ1) is 28.6. The molecule has 0 aliphatic carbocycles. The van der Waals surface area contributed by atoms with Crippen LogP contribution < -0.4 is 19.3 Å². The van der Waals surface area contributed by atoms with Crippen LogP contribution >= 0.6 is 7.60 Å². The Morgan fingerprint density at radius 1 is 1.00 bits per heavy atom. The van der Waals surface area contributed by atoms with Gasteiger partial charge in [-0.2, -0.15) is 4.31 Å². The van der Waals surface area contributed by atoms with E-state index in [4.69, 9.17) is 37.5 Å². The number of aliphatic hydroxyl groups is 1. The summed E-state index contributed by atoms with van der Waals surface area (Å²) in [7, 11) is -6.85. The second-order valence-corrected chi connectivity index (χ2v) is 18.5. The van der Waals surface area contributed by atoms with Gasteiger partial charge in [0.15, 0.2) is 12.4 Å². The van der Waals surface area contributed by atoms with E-state index < -0.39 is 66.7 Å². The molecule has 2 aliphatic rings. The SMILES string of the molecule is CCOC(=O)[C@H](C)OP(=O)(COc1ccc(C[C@H](NC(=O)O[C@H]2CO[C@H]3OCCC32)[C@H](O)CN(CC(C)C)S(=O)(=O)c2ccc(OC)cc2)cc1)Oc1cccc(C=O)c1. The van der Waals surface area contributed by atoms with Crippen molar-refractivity contribution in [3.63, 3.8) is 0 Å². The Morgan fingerprint density at radius 2 is 1.72 bits per heavy atom. The summed E-state index contributed by atoms with van der Waals surface area (Å²) in [5.41, 5.74) is 0.863. The standard InChI is InChI=1S/C41H53N2O15PS/c1-6-52-39(46)28(4)57-59(48,58-33-9-7-8-30(20-33)24-44)26-55-32-12-10-29(11-13-32)21-36(42-41(47)56-38-25-54-40-35(38)18-19-53-40)37(45)23-43(22-27(2)3)60(49,50)34-16-14-31(51-5)15-17-34/h7-17,20,24,27-28,35-38,40,45H,6,18-19,21-23,25-26H2,1-5H3,(H,42,47)/t28-,35?,36-,37+,38-,40+,59?/m0/s1. The first-order valence-electron chi connectivity index (χ1n) is 19.6. The smallest absolute Gasteiger partial charge is 0.417 e. The van der Waals surface area contributed by atoms with Gasteiger partial charge >= 0.3 is 19.7 Å². The average molecular weight is 877 g/mol. The number of aldehydes is 1. The normalized spacial score (nSPS) is 20.0. The second kappa shape index (κ2) is 21.3. The molecule has 0 aromatic heterocycles. The molecule has 0 bridgehead atoms. The maximum Gasteiger partial charge on any atom is 0.417 e. The number of aliphatic hydroxyl groups excluding tert-OH is 1. The van der Waals surface area contributed by atoms with Crippen LogP contribution in [0.4, 0.5) is 4.79 Å². The Labute approximate surface area is 350 Å². The van der Waals surface area contributed by atoms with Crippen LogP contribution in [-0.2, 0) is 49.3 Å². The van der Waals surface area contributed by atoms with Crippen molar-refractivity contribution in [3.05, 3.63) is 83.9 Å². The van der Waals surface area contributed by atoms with Gasteiger partial charge in [0, 0.05) is 18.7 Å². The molecule has 5 rings (SSSR count). The number of rotatable bonds is 22. The van der Waals surface area contributed by atoms with Crippen LogP contribution in [0.25, 0.3) is 0 Å². The summed E-state index contributed by atoms with van der Waals surface area (Å²) in [5.74, 6) is -0.255. The molecule has 2 fully saturated rings. The number of alkyl carbamates (subject to hydrolysis) is 1. The Balaban J connectivity index is 1.33. The zero-order valence-electron chi connectivity index (χ0n) is 34.2. The minimum absolute atomic E-state index is 0.00964. The van der Waals surface area contributed by atoms with E-state index in [1.54, 1.807) is 31.2 Å². The third-order valence-corrected chi connectivity index (χ3v) is 13.0. The van der Waals surface area contributed by atoms with E-state index in [0.29, 0.717) is 30.6 Å². The molecule has 2 aliphatic heterocycles. The van der Waals surface area contributed by atoms with Gasteiger partial charge in [0.1, 0.15) is 29.6 Å². The lowest BCUT2D eigenvalue weighted by atomic mass is 10.0. The van der Waals surface area contributed by atoms with Crippen LogP contribution in [0.1, 0.15) is 50.0 Å². The van der Waals surface area contributed by atoms with Gasteiger partial charge in [0.2, 0.25) is 16.4 Å². The largest absolute Gasteiger partial charge is 0.497 e. The third kappa shape index (κ3) is 12.7. The van der Waals surface area contributed by atoms with Crippen molar-refractivity contribution in [1.82, 2.24) is 9.62 Å². The molecule has 60 heavy (non-hydrogen) atoms. The first-order valence-corrected chi connectivity index (χ1v) is 22.7. The van der Waals surface area contributed by atoms with Crippen LogP contribution in [0, 0.1) is 11.8 Å². The van der Waals surface area contributed by atoms with Gasteiger partial charge in [-0.25, -0.2) is 22.6 Å². The number of carbonyl (C=O) groups is 3. The Bertz CT molecular complexity index is 2050. The summed E-state index contributed by atoms with van der Waals surface area (Å²) >= 11 is 0. The predicted molar refractivity (Wildman–Crippen MR) is 216 cm³/mol. The van der Waals surface area contributed by atoms with Gasteiger partial charge in [-0.15, -0.1) is 0 Å². The Morgan fingerprint density at radius 3 is 2.38 bits per heavy atom. The van der Waals surface area contributed by atoms with Gasteiger partial charge in [0.25, 0.3) is 0 Å². The van der Waals surface area contributed by atoms with Crippen molar-refractivity contribution in [2.75, 3.05) is 46.4 Å². The summed E-state index contributed by atoms with van der Waals surface area (Å²) in [6.07, 6.45) is -3.91. The number of carbonyl (C=O) groups excluding carboxylic acids is 3. The molecule has 17 nitrogen and oxygen atoms in total. The zero-order valence-corrected chi connectivity index (χ0v) is 35.9. The van der Waals surface area contributed by atoms with Crippen molar-refractivity contribution in [2.24, 2.45) is 11.8 Å². The highest BCUT2D eigenvalue weighted by molar-refractivity contribution is 7.89. The number of sulfonamides is 1. The van der Waals surface area contributed by atoms with Gasteiger partial charge < -0.3 is 43.4 Å². The number of methoxy groups -OCH3 is 1. The fourth-order valence-corrected chi connectivity index (χ4v) is 9.71. The van der Waals surface area contributed by atoms with E-state index in [1.807, 2.05) is 13.8 Å². The maximum atomic E-state index is 14.0. The third-order valence-electron chi connectivity index (χ3n) is 9.61. The van der Waals surface area contributed by atoms with Gasteiger partial charge in [0.05, 0.1) is 49.9 Å². The number of amides is 1. The minimum atomic E-state index is -4.23. The van der Waals surface area contributed by atoms with Crippen molar-refractivity contribution in [1.29, 1.82) is 0 Å². The van der Waals surface area contributed by atoms with Crippen molar-refractivity contribution in [2.45, 2.75) is 76.1 Å². The number of esters is 1. The summed E-state index contributed by atoms with van der Waals surface area (Å²) in [6.45, 7) is 7.10. The van der Waals surface area contributed by atoms with Crippen molar-refractivity contribution >= 4 is 36.0 Å². The zero-order chi connectivity index (χ0) is 43.5. The molecule has 2 unspecified atom stereocenters. The van der Waals surface area contributed by atoms with E-state index in [9.17, 15) is 32.5 Å². The number of nitrogens with zero attached hydrogens (tertiary/aromatic N) is 1. The predicted octanol–water partition coefficient (Wildman–Crippen LogP) is 5.19. The average Bonchev–Trinajstić information content (AvgIpc) is 3.85. The lowest BCUT2D eigenvalue weighted by Crippen LogP contribution is -2.51. The van der Waals surface area contributed by atoms with Gasteiger partial charge in [-0.3, -0.25) is 9.32 Å². The fourth-order valence-electron chi connectivity index (χ4n) is 6.62. The van der Waals surface area contributed by atoms with Crippen LogP contribution in [0.3, 0.4) is 0 Å². The minimum Gasteiger partial charge on any atom is -0.497 e. The molecule has 3 aromatic carbocycles. The number of ether oxygens (including phenoxy) is 6. The van der Waals surface area contributed by atoms with Crippen LogP contribution in [0.15, 0.2) is 77.7 Å². The molecule has 2 heterocycles. The molecule has 2 saturated heterocycles. The quantitative estimate of drug-likeness (QED) is 0.0756. The number of hydrogen-bond donors (Lipinski definition) is 2. The first kappa shape index (κ1) is 46.5. The van der Waals surface area contributed by atoms with Gasteiger partial charge in [-0.05, 0) is 86.7 Å². The summed E-state index contributed by atoms with van der Waals surface area (Å²) < 4.78 is 87.2. The molecular weight excluding hydrogens is 823 g/mol. The van der Waals surface area contributed by atoms with E-state index in [2.05, 4.69) is 5.32 Å². The molecule has 19 heteroatoms. The van der Waals surface area contributed by atoms with E-state index in [-0.39, 0.29) is 66.5 Å². The topological polar surface area (TPSA) is 212 Å². The second-order valence-electron chi connectivity index (χ2n) is 14.7. The highest BCUT2D eigenvalue weighted by Crippen LogP contribution is 2.49. The summed E-state index contributed by atoms with van der Waals surface area (Å²) in [4.78, 5) is 37.1. The number of fused-ring (bicyclic) bond motifs is 1. The monoisotopic (exact) mass is 876 g/mol. The molecule has 3 aromatic rings. The van der Waals surface area contributed by atoms with Crippen LogP contribution in [0.5, 0.6) is 17.2 Å². The molecule has 0 spiro atoms. The number of nitrogens with one attached hydrogen (secondary N) is 1. The maximum absolute atomic E-state index is 14.0. The fraction of sp³-hybridized carbons (Fsp3) is 0.488. The van der Waals surface area contributed by atoms with E-state index in [1.165, 1.54) is 66.9 Å². The molecule has 1 amide bonds. The molecule has 0 saturated carbocycles. The summed E-state index contributed by atoms with van der Waals surface area (Å²) in [6, 6.07) is 17.2.